The van der Waals surface area contributed by atoms with Crippen LogP contribution in [0.5, 0.6) is 0 Å². The minimum atomic E-state index is -0.200. The highest BCUT2D eigenvalue weighted by atomic mass is 35.5. The summed E-state index contributed by atoms with van der Waals surface area (Å²) < 4.78 is 0. The maximum atomic E-state index is 11.8. The zero-order chi connectivity index (χ0) is 13.7. The Balaban J connectivity index is 2.06. The molecular weight excluding hydrogens is 260 g/mol. The van der Waals surface area contributed by atoms with Gasteiger partial charge in [-0.3, -0.25) is 9.78 Å². The van der Waals surface area contributed by atoms with Gasteiger partial charge in [0, 0.05) is 29.2 Å². The molecule has 4 heteroatoms. The van der Waals surface area contributed by atoms with Crippen molar-refractivity contribution in [2.24, 2.45) is 0 Å². The number of rotatable bonds is 3. The van der Waals surface area contributed by atoms with Crippen LogP contribution in [0.1, 0.15) is 11.1 Å². The molecule has 1 heterocycles. The Bertz CT molecular complexity index is 609. The lowest BCUT2D eigenvalue weighted by molar-refractivity contribution is -0.111. The number of anilines is 1. The number of carbonyl (C=O) groups is 1. The van der Waals surface area contributed by atoms with E-state index in [1.54, 1.807) is 30.6 Å². The highest BCUT2D eigenvalue weighted by Gasteiger charge is 2.03. The van der Waals surface area contributed by atoms with Gasteiger partial charge in [-0.05, 0) is 42.3 Å². The van der Waals surface area contributed by atoms with Gasteiger partial charge in [-0.15, -0.1) is 0 Å². The maximum Gasteiger partial charge on any atom is 0.248 e. The Hall–Kier alpha value is -2.13. The average Bonchev–Trinajstić information content (AvgIpc) is 2.43. The predicted octanol–water partition coefficient (Wildman–Crippen LogP) is 3.70. The van der Waals surface area contributed by atoms with E-state index in [9.17, 15) is 4.79 Å². The number of amides is 1. The molecule has 0 bridgehead atoms. The number of pyridine rings is 1. The van der Waals surface area contributed by atoms with E-state index in [-0.39, 0.29) is 5.91 Å². The Morgan fingerprint density at radius 2 is 2.16 bits per heavy atom. The second-order valence-corrected chi connectivity index (χ2v) is 4.43. The topological polar surface area (TPSA) is 42.0 Å². The van der Waals surface area contributed by atoms with Crippen LogP contribution in [-0.4, -0.2) is 10.9 Å². The number of carbonyl (C=O) groups excluding carboxylic acids is 1. The summed E-state index contributed by atoms with van der Waals surface area (Å²) in [5, 5.41) is 3.42. The summed E-state index contributed by atoms with van der Waals surface area (Å²) in [5.41, 5.74) is 2.45. The van der Waals surface area contributed by atoms with Crippen molar-refractivity contribution in [2.75, 3.05) is 5.32 Å². The molecule has 0 saturated heterocycles. The van der Waals surface area contributed by atoms with Gasteiger partial charge < -0.3 is 5.32 Å². The lowest BCUT2D eigenvalue weighted by Gasteiger charge is -2.07. The van der Waals surface area contributed by atoms with Gasteiger partial charge in [-0.25, -0.2) is 0 Å². The highest BCUT2D eigenvalue weighted by molar-refractivity contribution is 6.31. The van der Waals surface area contributed by atoms with E-state index in [4.69, 9.17) is 11.6 Å². The number of nitrogens with one attached hydrogen (secondary N) is 1. The summed E-state index contributed by atoms with van der Waals surface area (Å²) in [6, 6.07) is 9.10. The first kappa shape index (κ1) is 13.3. The number of benzene rings is 1. The van der Waals surface area contributed by atoms with Crippen molar-refractivity contribution >= 4 is 29.3 Å². The smallest absolute Gasteiger partial charge is 0.248 e. The van der Waals surface area contributed by atoms with E-state index in [0.29, 0.717) is 10.7 Å². The fraction of sp³-hybridized carbons (Fsp3) is 0.0667. The Morgan fingerprint density at radius 1 is 1.32 bits per heavy atom. The Labute approximate surface area is 116 Å². The zero-order valence-electron chi connectivity index (χ0n) is 10.4. The first-order valence-corrected chi connectivity index (χ1v) is 6.19. The van der Waals surface area contributed by atoms with Crippen LogP contribution in [0.15, 0.2) is 48.8 Å². The summed E-state index contributed by atoms with van der Waals surface area (Å²) in [7, 11) is 0. The SMILES string of the molecule is Cc1c(Cl)cccc1NC(=O)/C=C/c1cccnc1. The van der Waals surface area contributed by atoms with E-state index in [2.05, 4.69) is 10.3 Å². The molecule has 96 valence electrons. The minimum absolute atomic E-state index is 0.200. The molecule has 3 nitrogen and oxygen atoms in total. The van der Waals surface area contributed by atoms with Crippen LogP contribution >= 0.6 is 11.6 Å². The van der Waals surface area contributed by atoms with Gasteiger partial charge in [0.25, 0.3) is 0 Å². The molecule has 1 aromatic heterocycles. The summed E-state index contributed by atoms with van der Waals surface area (Å²) in [4.78, 5) is 15.8. The zero-order valence-corrected chi connectivity index (χ0v) is 11.2. The van der Waals surface area contributed by atoms with Crippen molar-refractivity contribution in [3.63, 3.8) is 0 Å². The molecule has 0 saturated carbocycles. The van der Waals surface area contributed by atoms with Crippen molar-refractivity contribution < 1.29 is 4.79 Å². The van der Waals surface area contributed by atoms with Crippen LogP contribution < -0.4 is 5.32 Å². The summed E-state index contributed by atoms with van der Waals surface area (Å²) in [6.45, 7) is 1.86. The largest absolute Gasteiger partial charge is 0.322 e. The van der Waals surface area contributed by atoms with Crippen LogP contribution in [0.4, 0.5) is 5.69 Å². The van der Waals surface area contributed by atoms with E-state index >= 15 is 0 Å². The van der Waals surface area contributed by atoms with E-state index in [1.807, 2.05) is 25.1 Å². The highest BCUT2D eigenvalue weighted by Crippen LogP contribution is 2.22. The van der Waals surface area contributed by atoms with Crippen LogP contribution in [-0.2, 0) is 4.79 Å². The Kier molecular flexibility index (Phi) is 4.31. The predicted molar refractivity (Wildman–Crippen MR) is 78.1 cm³/mol. The normalized spacial score (nSPS) is 10.6. The summed E-state index contributed by atoms with van der Waals surface area (Å²) in [5.74, 6) is -0.200. The van der Waals surface area contributed by atoms with E-state index in [1.165, 1.54) is 6.08 Å². The second kappa shape index (κ2) is 6.16. The molecule has 0 spiro atoms. The van der Waals surface area contributed by atoms with Gasteiger partial charge in [-0.2, -0.15) is 0 Å². The molecule has 0 aliphatic carbocycles. The summed E-state index contributed by atoms with van der Waals surface area (Å²) in [6.07, 6.45) is 6.56. The van der Waals surface area contributed by atoms with Crippen LogP contribution in [0.3, 0.4) is 0 Å². The van der Waals surface area contributed by atoms with Gasteiger partial charge >= 0.3 is 0 Å². The minimum Gasteiger partial charge on any atom is -0.322 e. The van der Waals surface area contributed by atoms with Crippen LogP contribution in [0.2, 0.25) is 5.02 Å². The van der Waals surface area contributed by atoms with Crippen molar-refractivity contribution in [3.05, 3.63) is 65.0 Å². The first-order chi connectivity index (χ1) is 9.16. The molecule has 0 fully saturated rings. The maximum absolute atomic E-state index is 11.8. The van der Waals surface area contributed by atoms with Gasteiger partial charge in [0.05, 0.1) is 0 Å². The first-order valence-electron chi connectivity index (χ1n) is 5.81. The third-order valence-corrected chi connectivity index (χ3v) is 3.05. The molecule has 0 aliphatic heterocycles. The molecule has 0 radical (unpaired) electrons. The van der Waals surface area contributed by atoms with Gasteiger partial charge in [0.15, 0.2) is 0 Å². The lowest BCUT2D eigenvalue weighted by atomic mass is 10.2. The fourth-order valence-electron chi connectivity index (χ4n) is 1.56. The van der Waals surface area contributed by atoms with Gasteiger partial charge in [0.1, 0.15) is 0 Å². The second-order valence-electron chi connectivity index (χ2n) is 4.02. The van der Waals surface area contributed by atoms with Gasteiger partial charge in [0.2, 0.25) is 5.91 Å². The lowest BCUT2D eigenvalue weighted by Crippen LogP contribution is -2.08. The van der Waals surface area contributed by atoms with Crippen molar-refractivity contribution in [1.29, 1.82) is 0 Å². The fourth-order valence-corrected chi connectivity index (χ4v) is 1.74. The van der Waals surface area contributed by atoms with Crippen molar-refractivity contribution in [1.82, 2.24) is 4.98 Å². The number of hydrogen-bond donors (Lipinski definition) is 1. The van der Waals surface area contributed by atoms with Crippen molar-refractivity contribution in [2.45, 2.75) is 6.92 Å². The van der Waals surface area contributed by atoms with Crippen LogP contribution in [0, 0.1) is 6.92 Å². The molecule has 0 unspecified atom stereocenters. The average molecular weight is 273 g/mol. The molecule has 19 heavy (non-hydrogen) atoms. The number of nitrogens with zero attached hydrogens (tertiary/aromatic N) is 1. The third kappa shape index (κ3) is 3.66. The quantitative estimate of drug-likeness (QED) is 0.866. The molecule has 0 aliphatic rings. The molecule has 2 rings (SSSR count). The Morgan fingerprint density at radius 3 is 2.89 bits per heavy atom. The standard InChI is InChI=1S/C15H13ClN2O/c1-11-13(16)5-2-6-14(11)18-15(19)8-7-12-4-3-9-17-10-12/h2-10H,1H3,(H,18,19)/b8-7+. The van der Waals surface area contributed by atoms with E-state index in [0.717, 1.165) is 11.1 Å². The van der Waals surface area contributed by atoms with Crippen molar-refractivity contribution in [3.8, 4) is 0 Å². The molecule has 0 atom stereocenters. The molecule has 1 amide bonds. The number of hydrogen-bond acceptors (Lipinski definition) is 2. The molecule has 1 N–H and O–H groups in total. The number of aromatic nitrogens is 1. The molecule has 1 aromatic carbocycles. The number of halogens is 1. The van der Waals surface area contributed by atoms with E-state index < -0.39 is 0 Å². The molecule has 2 aromatic rings. The molecular formula is C15H13ClN2O. The third-order valence-electron chi connectivity index (χ3n) is 2.64. The monoisotopic (exact) mass is 272 g/mol. The van der Waals surface area contributed by atoms with Gasteiger partial charge in [-0.1, -0.05) is 23.7 Å². The van der Waals surface area contributed by atoms with Crippen LogP contribution in [0.25, 0.3) is 6.08 Å². The summed E-state index contributed by atoms with van der Waals surface area (Å²) >= 11 is 5.99.